The molecule has 2 fully saturated rings. The van der Waals surface area contributed by atoms with E-state index >= 15 is 0 Å². The number of carbonyl (C=O) groups excluding carboxylic acids is 4. The van der Waals surface area contributed by atoms with E-state index < -0.39 is 23.3 Å². The highest BCUT2D eigenvalue weighted by Gasteiger charge is 2.48. The molecule has 2 saturated heterocycles. The van der Waals surface area contributed by atoms with Gasteiger partial charge in [-0.3, -0.25) is 14.4 Å². The van der Waals surface area contributed by atoms with Crippen LogP contribution in [0, 0.1) is 11.8 Å². The quantitative estimate of drug-likeness (QED) is 0.645. The van der Waals surface area contributed by atoms with Gasteiger partial charge in [0.05, 0.1) is 17.7 Å². The number of ether oxygens (including phenoxy) is 1. The fourth-order valence-corrected chi connectivity index (χ4v) is 6.16. The van der Waals surface area contributed by atoms with Gasteiger partial charge < -0.3 is 15.0 Å². The molecule has 9 heteroatoms. The van der Waals surface area contributed by atoms with E-state index in [9.17, 15) is 19.2 Å². The fraction of sp³-hybridized carbons (Fsp3) is 0.789. The Morgan fingerprint density at radius 3 is 2.61 bits per heavy atom. The molecular formula is C19H30N2O5S2. The lowest BCUT2D eigenvalue weighted by Gasteiger charge is -2.31. The molecule has 2 aliphatic rings. The smallest absolute Gasteiger partial charge is 0.329 e. The first kappa shape index (κ1) is 23.1. The van der Waals surface area contributed by atoms with Crippen LogP contribution in [-0.2, 0) is 23.9 Å². The number of hydrogen-bond acceptors (Lipinski definition) is 7. The van der Waals surface area contributed by atoms with Gasteiger partial charge in [-0.2, -0.15) is 0 Å². The Hall–Kier alpha value is -1.22. The lowest BCUT2D eigenvalue weighted by atomic mass is 10.0. The van der Waals surface area contributed by atoms with Crippen molar-refractivity contribution < 1.29 is 23.9 Å². The number of hydrogen-bond donors (Lipinski definition) is 1. The first-order chi connectivity index (χ1) is 13.2. The Kier molecular flexibility index (Phi) is 8.24. The topological polar surface area (TPSA) is 92.8 Å². The van der Waals surface area contributed by atoms with E-state index in [0.29, 0.717) is 12.2 Å². The molecule has 7 nitrogen and oxygen atoms in total. The van der Waals surface area contributed by atoms with E-state index in [1.54, 1.807) is 16.7 Å². The Morgan fingerprint density at radius 1 is 1.36 bits per heavy atom. The molecule has 28 heavy (non-hydrogen) atoms. The first-order valence-electron chi connectivity index (χ1n) is 9.70. The predicted molar refractivity (Wildman–Crippen MR) is 111 cm³/mol. The predicted octanol–water partition coefficient (Wildman–Crippen LogP) is 2.04. The molecule has 0 aromatic carbocycles. The molecular weight excluding hydrogens is 400 g/mol. The van der Waals surface area contributed by atoms with E-state index in [-0.39, 0.29) is 34.1 Å². The third-order valence-corrected chi connectivity index (χ3v) is 8.29. The summed E-state index contributed by atoms with van der Waals surface area (Å²) in [4.78, 5) is 51.5. The van der Waals surface area contributed by atoms with Crippen LogP contribution in [0.5, 0.6) is 0 Å². The van der Waals surface area contributed by atoms with Crippen LogP contribution in [-0.4, -0.2) is 63.4 Å². The number of nitrogens with one attached hydrogen (secondary N) is 1. The number of amides is 2. The number of nitrogens with zero attached hydrogens (tertiary/aromatic N) is 1. The maximum atomic E-state index is 13.2. The Labute approximate surface area is 175 Å². The van der Waals surface area contributed by atoms with Crippen LogP contribution in [0.1, 0.15) is 47.0 Å². The maximum Gasteiger partial charge on any atom is 0.329 e. The number of thioether (sulfide) groups is 2. The fourth-order valence-electron chi connectivity index (χ4n) is 3.65. The molecule has 2 aliphatic heterocycles. The summed E-state index contributed by atoms with van der Waals surface area (Å²) in [6.07, 6.45) is 2.04. The molecule has 0 aliphatic carbocycles. The lowest BCUT2D eigenvalue weighted by molar-refractivity contribution is -0.152. The highest BCUT2D eigenvalue weighted by atomic mass is 32.2. The van der Waals surface area contributed by atoms with Crippen molar-refractivity contribution in [2.45, 2.75) is 69.7 Å². The first-order valence-corrected chi connectivity index (χ1v) is 11.6. The van der Waals surface area contributed by atoms with E-state index in [1.165, 1.54) is 14.0 Å². The zero-order chi connectivity index (χ0) is 21.0. The average molecular weight is 431 g/mol. The third-order valence-electron chi connectivity index (χ3n) is 5.49. The van der Waals surface area contributed by atoms with Gasteiger partial charge in [-0.05, 0) is 24.7 Å². The minimum absolute atomic E-state index is 0.00612. The van der Waals surface area contributed by atoms with Gasteiger partial charge >= 0.3 is 5.97 Å². The van der Waals surface area contributed by atoms with Crippen LogP contribution in [0.25, 0.3) is 0 Å². The molecule has 2 rings (SSSR count). The van der Waals surface area contributed by atoms with Crippen molar-refractivity contribution in [2.24, 2.45) is 11.8 Å². The van der Waals surface area contributed by atoms with Crippen LogP contribution in [0.3, 0.4) is 0 Å². The summed E-state index contributed by atoms with van der Waals surface area (Å²) in [6, 6.07) is -1.31. The van der Waals surface area contributed by atoms with Crippen LogP contribution in [0.15, 0.2) is 0 Å². The van der Waals surface area contributed by atoms with Crippen molar-refractivity contribution in [1.29, 1.82) is 0 Å². The number of esters is 1. The van der Waals surface area contributed by atoms with Crippen LogP contribution >= 0.6 is 23.5 Å². The van der Waals surface area contributed by atoms with Crippen LogP contribution in [0.4, 0.5) is 0 Å². The Morgan fingerprint density at radius 2 is 2.04 bits per heavy atom. The monoisotopic (exact) mass is 430 g/mol. The second-order valence-corrected chi connectivity index (χ2v) is 10.0. The van der Waals surface area contributed by atoms with Gasteiger partial charge in [0.25, 0.3) is 0 Å². The van der Waals surface area contributed by atoms with E-state index in [0.717, 1.165) is 24.6 Å². The summed E-state index contributed by atoms with van der Waals surface area (Å²) in [5.74, 6) is -0.232. The van der Waals surface area contributed by atoms with Gasteiger partial charge in [-0.15, -0.1) is 11.8 Å². The molecule has 4 unspecified atom stereocenters. The van der Waals surface area contributed by atoms with Gasteiger partial charge in [0.15, 0.2) is 5.12 Å². The van der Waals surface area contributed by atoms with E-state index in [2.05, 4.69) is 12.2 Å². The molecule has 0 spiro atoms. The molecule has 158 valence electrons. The lowest BCUT2D eigenvalue weighted by Crippen LogP contribution is -2.55. The second-order valence-electron chi connectivity index (χ2n) is 7.54. The highest BCUT2D eigenvalue weighted by molar-refractivity contribution is 8.14. The van der Waals surface area contributed by atoms with E-state index in [1.807, 2.05) is 13.8 Å². The van der Waals surface area contributed by atoms with Gasteiger partial charge in [-0.1, -0.05) is 39.0 Å². The normalized spacial score (nSPS) is 29.5. The molecule has 0 aromatic heterocycles. The maximum absolute atomic E-state index is 13.2. The summed E-state index contributed by atoms with van der Waals surface area (Å²) >= 11 is 2.60. The zero-order valence-corrected chi connectivity index (χ0v) is 18.7. The molecule has 0 bridgehead atoms. The van der Waals surface area contributed by atoms with Gasteiger partial charge in [0.1, 0.15) is 12.1 Å². The summed E-state index contributed by atoms with van der Waals surface area (Å²) in [5, 5.41) is 2.13. The van der Waals surface area contributed by atoms with E-state index in [4.69, 9.17) is 4.74 Å². The number of rotatable bonds is 6. The summed E-state index contributed by atoms with van der Waals surface area (Å²) in [5.41, 5.74) is 0. The summed E-state index contributed by atoms with van der Waals surface area (Å²) < 4.78 is 4.88. The molecule has 2 amide bonds. The molecule has 6 atom stereocenters. The Balaban J connectivity index is 2.20. The standard InChI is InChI=1S/C19H30N2O5S2/c1-6-10(2)15(28-12(4)22)16(23)20-13-8-7-11(3)18-21(17(13)24)14(9-27-18)19(25)26-5/h10-11,13-15,18H,6-9H2,1-5H3,(H,20,23)/t10-,11-,13?,14?,15?,18?/m0/s1. The average Bonchev–Trinajstić information content (AvgIpc) is 3.07. The van der Waals surface area contributed by atoms with Crippen LogP contribution < -0.4 is 5.32 Å². The second kappa shape index (κ2) is 10.0. The van der Waals surface area contributed by atoms with Gasteiger partial charge in [-0.25, -0.2) is 4.79 Å². The number of carbonyl (C=O) groups is 4. The number of fused-ring (bicyclic) bond motifs is 1. The minimum atomic E-state index is -0.690. The molecule has 2 heterocycles. The molecule has 1 N–H and O–H groups in total. The van der Waals surface area contributed by atoms with Crippen molar-refractivity contribution in [3.05, 3.63) is 0 Å². The largest absolute Gasteiger partial charge is 0.467 e. The van der Waals surface area contributed by atoms with Gasteiger partial charge in [0, 0.05) is 12.7 Å². The third kappa shape index (κ3) is 5.03. The summed E-state index contributed by atoms with van der Waals surface area (Å²) in [6.45, 7) is 7.41. The van der Waals surface area contributed by atoms with Crippen molar-refractivity contribution in [1.82, 2.24) is 10.2 Å². The Bertz CT molecular complexity index is 629. The molecule has 0 aromatic rings. The zero-order valence-electron chi connectivity index (χ0n) is 17.1. The SMILES string of the molecule is CC[C@H](C)C(SC(C)=O)C(=O)NC1CC[C@H](C)C2SCC(C(=O)OC)N2C1=O. The summed E-state index contributed by atoms with van der Waals surface area (Å²) in [7, 11) is 1.32. The van der Waals surface area contributed by atoms with Crippen molar-refractivity contribution >= 4 is 46.4 Å². The minimum Gasteiger partial charge on any atom is -0.467 e. The van der Waals surface area contributed by atoms with Crippen molar-refractivity contribution in [3.63, 3.8) is 0 Å². The molecule has 0 saturated carbocycles. The van der Waals surface area contributed by atoms with Gasteiger partial charge in [0.2, 0.25) is 11.8 Å². The number of methoxy groups -OCH3 is 1. The van der Waals surface area contributed by atoms with Crippen LogP contribution in [0.2, 0.25) is 0 Å². The molecule has 0 radical (unpaired) electrons. The van der Waals surface area contributed by atoms with Crippen molar-refractivity contribution in [3.8, 4) is 0 Å². The van der Waals surface area contributed by atoms with Crippen molar-refractivity contribution in [2.75, 3.05) is 12.9 Å². The highest BCUT2D eigenvalue weighted by Crippen LogP contribution is 2.39.